The molecule has 1 atom stereocenters. The van der Waals surface area contributed by atoms with Gasteiger partial charge < -0.3 is 15.4 Å². The minimum absolute atomic E-state index is 0.0656. The van der Waals surface area contributed by atoms with Crippen molar-refractivity contribution in [1.29, 1.82) is 0 Å². The number of alkyl carbamates (subject to hydrolysis) is 1. The molecule has 1 unspecified atom stereocenters. The van der Waals surface area contributed by atoms with E-state index in [4.69, 9.17) is 4.74 Å². The summed E-state index contributed by atoms with van der Waals surface area (Å²) in [5, 5.41) is 5.92. The molecule has 0 aliphatic carbocycles. The van der Waals surface area contributed by atoms with E-state index in [9.17, 15) is 9.59 Å². The van der Waals surface area contributed by atoms with Crippen molar-refractivity contribution in [2.24, 2.45) is 5.41 Å². The molecule has 5 nitrogen and oxygen atoms in total. The van der Waals surface area contributed by atoms with E-state index in [0.717, 1.165) is 6.42 Å². The van der Waals surface area contributed by atoms with Gasteiger partial charge in [-0.25, -0.2) is 4.79 Å². The number of ether oxygens (including phenoxy) is 1. The molecule has 0 radical (unpaired) electrons. The first kappa shape index (κ1) is 18.9. The van der Waals surface area contributed by atoms with Crippen LogP contribution in [0, 0.1) is 5.41 Å². The average Bonchev–Trinajstić information content (AvgIpc) is 2.09. The lowest BCUT2D eigenvalue weighted by Gasteiger charge is -2.28. The van der Waals surface area contributed by atoms with E-state index in [2.05, 4.69) is 31.4 Å². The van der Waals surface area contributed by atoms with Crippen LogP contribution in [0.3, 0.4) is 0 Å². The fourth-order valence-corrected chi connectivity index (χ4v) is 1.81. The van der Waals surface area contributed by atoms with Gasteiger partial charge in [-0.1, -0.05) is 20.8 Å². The highest BCUT2D eigenvalue weighted by atomic mass is 16.6. The van der Waals surface area contributed by atoms with Gasteiger partial charge >= 0.3 is 6.09 Å². The maximum Gasteiger partial charge on any atom is 0.407 e. The standard InChI is InChI=1S/C15H30N2O3/c1-11(18)9-16-10-12(8-14(2,3)4)17-13(19)20-15(5,6)7/h12,16H,8-10H2,1-7H3,(H,17,19). The van der Waals surface area contributed by atoms with Crippen LogP contribution in [0.25, 0.3) is 0 Å². The van der Waals surface area contributed by atoms with Crippen molar-refractivity contribution in [3.8, 4) is 0 Å². The van der Waals surface area contributed by atoms with Crippen LogP contribution in [0.5, 0.6) is 0 Å². The van der Waals surface area contributed by atoms with E-state index < -0.39 is 11.7 Å². The van der Waals surface area contributed by atoms with E-state index in [1.54, 1.807) is 0 Å². The SMILES string of the molecule is CC(=O)CNCC(CC(C)(C)C)NC(=O)OC(C)(C)C. The largest absolute Gasteiger partial charge is 0.444 e. The molecule has 0 heterocycles. The number of nitrogens with one attached hydrogen (secondary N) is 2. The summed E-state index contributed by atoms with van der Waals surface area (Å²) in [6.07, 6.45) is 0.383. The molecule has 118 valence electrons. The normalized spacial score (nSPS) is 13.8. The first-order valence-electron chi connectivity index (χ1n) is 7.09. The summed E-state index contributed by atoms with van der Waals surface area (Å²) in [5.74, 6) is 0.0803. The zero-order chi connectivity index (χ0) is 16.0. The van der Waals surface area contributed by atoms with Crippen molar-refractivity contribution in [3.05, 3.63) is 0 Å². The molecule has 0 spiro atoms. The Labute approximate surface area is 122 Å². The number of Topliss-reactive ketones (excluding diaryl/α,β-unsaturated/α-hetero) is 1. The third-order valence-electron chi connectivity index (χ3n) is 2.34. The summed E-state index contributed by atoms with van der Waals surface area (Å²) < 4.78 is 5.27. The van der Waals surface area contributed by atoms with E-state index >= 15 is 0 Å². The summed E-state index contributed by atoms with van der Waals surface area (Å²) in [5.41, 5.74) is -0.430. The van der Waals surface area contributed by atoms with Crippen molar-refractivity contribution < 1.29 is 14.3 Å². The van der Waals surface area contributed by atoms with E-state index in [-0.39, 0.29) is 17.2 Å². The topological polar surface area (TPSA) is 67.4 Å². The van der Waals surface area contributed by atoms with Gasteiger partial charge in [-0.15, -0.1) is 0 Å². The third kappa shape index (κ3) is 12.0. The zero-order valence-electron chi connectivity index (χ0n) is 13.9. The van der Waals surface area contributed by atoms with Gasteiger partial charge in [-0.2, -0.15) is 0 Å². The second kappa shape index (κ2) is 7.62. The Kier molecular flexibility index (Phi) is 7.20. The Morgan fingerprint density at radius 3 is 2.05 bits per heavy atom. The number of hydrogen-bond acceptors (Lipinski definition) is 4. The van der Waals surface area contributed by atoms with Gasteiger partial charge in [0, 0.05) is 12.6 Å². The number of amides is 1. The number of rotatable bonds is 6. The van der Waals surface area contributed by atoms with Gasteiger partial charge in [0.15, 0.2) is 0 Å². The fourth-order valence-electron chi connectivity index (χ4n) is 1.81. The number of hydrogen-bond donors (Lipinski definition) is 2. The minimum atomic E-state index is -0.511. The second-order valence-electron chi connectivity index (χ2n) is 7.44. The lowest BCUT2D eigenvalue weighted by molar-refractivity contribution is -0.116. The monoisotopic (exact) mass is 286 g/mol. The number of ketones is 1. The highest BCUT2D eigenvalue weighted by Gasteiger charge is 2.23. The highest BCUT2D eigenvalue weighted by molar-refractivity contribution is 5.77. The van der Waals surface area contributed by atoms with Crippen molar-refractivity contribution in [3.63, 3.8) is 0 Å². The molecular formula is C15H30N2O3. The van der Waals surface area contributed by atoms with E-state index in [0.29, 0.717) is 13.1 Å². The van der Waals surface area contributed by atoms with Gasteiger partial charge in [-0.05, 0) is 39.5 Å². The van der Waals surface area contributed by atoms with Gasteiger partial charge in [0.1, 0.15) is 11.4 Å². The van der Waals surface area contributed by atoms with E-state index in [1.807, 2.05) is 20.8 Å². The molecule has 0 aliphatic rings. The summed E-state index contributed by atoms with van der Waals surface area (Å²) in [6, 6.07) is -0.0656. The lowest BCUT2D eigenvalue weighted by Crippen LogP contribution is -2.46. The maximum atomic E-state index is 11.8. The molecule has 0 bridgehead atoms. The first-order chi connectivity index (χ1) is 8.89. The predicted molar refractivity (Wildman–Crippen MR) is 80.8 cm³/mol. The molecule has 0 rings (SSSR count). The van der Waals surface area contributed by atoms with Crippen LogP contribution in [-0.4, -0.2) is 36.6 Å². The van der Waals surface area contributed by atoms with Crippen molar-refractivity contribution in [2.45, 2.75) is 66.5 Å². The lowest BCUT2D eigenvalue weighted by atomic mass is 9.88. The highest BCUT2D eigenvalue weighted by Crippen LogP contribution is 2.20. The predicted octanol–water partition coefficient (Wildman–Crippen LogP) is 2.49. The summed E-state index contributed by atoms with van der Waals surface area (Å²) >= 11 is 0. The van der Waals surface area contributed by atoms with Crippen LogP contribution in [-0.2, 0) is 9.53 Å². The Balaban J connectivity index is 4.44. The summed E-state index contributed by atoms with van der Waals surface area (Å²) in [7, 11) is 0. The summed E-state index contributed by atoms with van der Waals surface area (Å²) in [6.45, 7) is 14.2. The molecule has 0 aliphatic heterocycles. The molecule has 0 aromatic heterocycles. The summed E-state index contributed by atoms with van der Waals surface area (Å²) in [4.78, 5) is 22.8. The van der Waals surface area contributed by atoms with Gasteiger partial charge in [-0.3, -0.25) is 4.79 Å². The molecule has 5 heteroatoms. The van der Waals surface area contributed by atoms with Gasteiger partial charge in [0.2, 0.25) is 0 Å². The van der Waals surface area contributed by atoms with Crippen LogP contribution in [0.1, 0.15) is 54.9 Å². The minimum Gasteiger partial charge on any atom is -0.444 e. The Morgan fingerprint density at radius 2 is 1.65 bits per heavy atom. The Bertz CT molecular complexity index is 327. The van der Waals surface area contributed by atoms with Gasteiger partial charge in [0.05, 0.1) is 6.54 Å². The van der Waals surface area contributed by atoms with Crippen molar-refractivity contribution in [1.82, 2.24) is 10.6 Å². The fraction of sp³-hybridized carbons (Fsp3) is 0.867. The first-order valence-corrected chi connectivity index (χ1v) is 7.09. The van der Waals surface area contributed by atoms with Crippen molar-refractivity contribution in [2.75, 3.05) is 13.1 Å². The average molecular weight is 286 g/mol. The van der Waals surface area contributed by atoms with E-state index in [1.165, 1.54) is 6.92 Å². The Morgan fingerprint density at radius 1 is 1.10 bits per heavy atom. The van der Waals surface area contributed by atoms with Gasteiger partial charge in [0.25, 0.3) is 0 Å². The molecule has 0 saturated heterocycles. The molecule has 0 fully saturated rings. The van der Waals surface area contributed by atoms with Crippen LogP contribution < -0.4 is 10.6 Å². The van der Waals surface area contributed by atoms with Crippen LogP contribution in [0.4, 0.5) is 4.79 Å². The molecule has 0 saturated carbocycles. The molecule has 1 amide bonds. The molecular weight excluding hydrogens is 256 g/mol. The molecule has 0 aromatic rings. The molecule has 2 N–H and O–H groups in total. The Hall–Kier alpha value is -1.10. The second-order valence-corrected chi connectivity index (χ2v) is 7.44. The van der Waals surface area contributed by atoms with Crippen LogP contribution in [0.15, 0.2) is 0 Å². The smallest absolute Gasteiger partial charge is 0.407 e. The zero-order valence-corrected chi connectivity index (χ0v) is 13.9. The molecule has 20 heavy (non-hydrogen) atoms. The quantitative estimate of drug-likeness (QED) is 0.787. The van der Waals surface area contributed by atoms with Crippen LogP contribution >= 0.6 is 0 Å². The van der Waals surface area contributed by atoms with Crippen LogP contribution in [0.2, 0.25) is 0 Å². The number of carbonyl (C=O) groups is 2. The molecule has 0 aromatic carbocycles. The third-order valence-corrected chi connectivity index (χ3v) is 2.34. The van der Waals surface area contributed by atoms with Crippen molar-refractivity contribution >= 4 is 11.9 Å². The number of carbonyl (C=O) groups excluding carboxylic acids is 2. The maximum absolute atomic E-state index is 11.8.